The number of hydrogen-bond donors (Lipinski definition) is 1. The molecule has 2 nitrogen and oxygen atoms in total. The molecule has 0 saturated carbocycles. The van der Waals surface area contributed by atoms with Gasteiger partial charge in [-0.15, -0.1) is 0 Å². The van der Waals surface area contributed by atoms with Crippen LogP contribution in [0.1, 0.15) is 16.7 Å². The number of para-hydroxylation sites is 1. The minimum absolute atomic E-state index is 0.251. The highest BCUT2D eigenvalue weighted by molar-refractivity contribution is 5.85. The molecule has 0 aliphatic carbocycles. The predicted molar refractivity (Wildman–Crippen MR) is 71.3 cm³/mol. The predicted octanol–water partition coefficient (Wildman–Crippen LogP) is 3.76. The molecule has 0 aromatic heterocycles. The summed E-state index contributed by atoms with van der Waals surface area (Å²) >= 11 is 0. The van der Waals surface area contributed by atoms with Gasteiger partial charge >= 0.3 is 0 Å². The Kier molecular flexibility index (Phi) is 3.24. The first-order valence-electron chi connectivity index (χ1n) is 5.55. The van der Waals surface area contributed by atoms with Gasteiger partial charge in [-0.3, -0.25) is 4.99 Å². The molecular weight excluding hydrogens is 210 g/mol. The number of benzene rings is 2. The van der Waals surface area contributed by atoms with Gasteiger partial charge in [0.2, 0.25) is 0 Å². The molecular formula is C15H15NO. The average Bonchev–Trinajstić information content (AvgIpc) is 2.27. The third kappa shape index (κ3) is 2.94. The summed E-state index contributed by atoms with van der Waals surface area (Å²) in [6.07, 6.45) is 1.68. The van der Waals surface area contributed by atoms with Crippen molar-refractivity contribution in [2.24, 2.45) is 4.99 Å². The first-order valence-corrected chi connectivity index (χ1v) is 5.55. The number of phenolic OH excluding ortho intramolecular Hbond substituents is 1. The fraction of sp³-hybridized carbons (Fsp3) is 0.133. The van der Waals surface area contributed by atoms with Gasteiger partial charge in [-0.1, -0.05) is 18.2 Å². The minimum Gasteiger partial charge on any atom is -0.507 e. The van der Waals surface area contributed by atoms with Crippen molar-refractivity contribution in [2.45, 2.75) is 13.8 Å². The molecule has 0 bridgehead atoms. The minimum atomic E-state index is 0.251. The van der Waals surface area contributed by atoms with Gasteiger partial charge in [0.25, 0.3) is 0 Å². The number of rotatable bonds is 2. The van der Waals surface area contributed by atoms with Gasteiger partial charge in [-0.2, -0.15) is 0 Å². The zero-order valence-electron chi connectivity index (χ0n) is 10.0. The standard InChI is InChI=1S/C15H15NO/c1-11-7-12(2)9-14(8-11)16-10-13-5-3-4-6-15(13)17/h3-10,17H,1-2H3. The van der Waals surface area contributed by atoms with Gasteiger partial charge in [-0.25, -0.2) is 0 Å². The highest BCUT2D eigenvalue weighted by atomic mass is 16.3. The lowest BCUT2D eigenvalue weighted by Crippen LogP contribution is -1.82. The van der Waals surface area contributed by atoms with E-state index in [0.717, 1.165) is 11.3 Å². The molecule has 2 heteroatoms. The van der Waals surface area contributed by atoms with Crippen LogP contribution in [0.4, 0.5) is 5.69 Å². The van der Waals surface area contributed by atoms with E-state index in [9.17, 15) is 5.11 Å². The molecule has 0 aliphatic heterocycles. The Morgan fingerprint density at radius 2 is 1.65 bits per heavy atom. The van der Waals surface area contributed by atoms with Gasteiger partial charge in [-0.05, 0) is 49.2 Å². The molecule has 1 N–H and O–H groups in total. The summed E-state index contributed by atoms with van der Waals surface area (Å²) in [4.78, 5) is 4.37. The number of aromatic hydroxyl groups is 1. The molecule has 0 atom stereocenters. The Hall–Kier alpha value is -2.09. The van der Waals surface area contributed by atoms with Crippen molar-refractivity contribution in [1.82, 2.24) is 0 Å². The molecule has 2 rings (SSSR count). The lowest BCUT2D eigenvalue weighted by molar-refractivity contribution is 0.474. The van der Waals surface area contributed by atoms with Gasteiger partial charge in [0.05, 0.1) is 5.69 Å². The van der Waals surface area contributed by atoms with E-state index < -0.39 is 0 Å². The van der Waals surface area contributed by atoms with E-state index in [-0.39, 0.29) is 5.75 Å². The highest BCUT2D eigenvalue weighted by Gasteiger charge is 1.96. The van der Waals surface area contributed by atoms with Gasteiger partial charge in [0.1, 0.15) is 5.75 Å². The summed E-state index contributed by atoms with van der Waals surface area (Å²) in [5.41, 5.74) is 4.02. The average molecular weight is 225 g/mol. The van der Waals surface area contributed by atoms with Crippen LogP contribution < -0.4 is 0 Å². The SMILES string of the molecule is Cc1cc(C)cc(N=Cc2ccccc2O)c1. The molecule has 2 aromatic rings. The summed E-state index contributed by atoms with van der Waals surface area (Å²) < 4.78 is 0. The van der Waals surface area contributed by atoms with Crippen molar-refractivity contribution in [1.29, 1.82) is 0 Å². The summed E-state index contributed by atoms with van der Waals surface area (Å²) in [5.74, 6) is 0.251. The van der Waals surface area contributed by atoms with Crippen molar-refractivity contribution in [3.8, 4) is 5.75 Å². The molecule has 0 amide bonds. The van der Waals surface area contributed by atoms with Crippen molar-refractivity contribution < 1.29 is 5.11 Å². The summed E-state index contributed by atoms with van der Waals surface area (Å²) in [6, 6.07) is 13.3. The Balaban J connectivity index is 2.29. The molecule has 2 aromatic carbocycles. The lowest BCUT2D eigenvalue weighted by atomic mass is 10.1. The topological polar surface area (TPSA) is 32.6 Å². The lowest BCUT2D eigenvalue weighted by Gasteiger charge is -2.00. The van der Waals surface area contributed by atoms with Gasteiger partial charge in [0, 0.05) is 11.8 Å². The molecule has 0 aliphatic rings. The third-order valence-electron chi connectivity index (χ3n) is 2.50. The van der Waals surface area contributed by atoms with Crippen LogP contribution in [-0.2, 0) is 0 Å². The normalized spacial score (nSPS) is 10.9. The van der Waals surface area contributed by atoms with E-state index in [0.29, 0.717) is 0 Å². The van der Waals surface area contributed by atoms with Crippen LogP contribution in [0.25, 0.3) is 0 Å². The zero-order valence-corrected chi connectivity index (χ0v) is 10.0. The second kappa shape index (κ2) is 4.83. The molecule has 0 saturated heterocycles. The van der Waals surface area contributed by atoms with E-state index in [4.69, 9.17) is 0 Å². The van der Waals surface area contributed by atoms with E-state index in [2.05, 4.69) is 11.1 Å². The second-order valence-electron chi connectivity index (χ2n) is 4.16. The van der Waals surface area contributed by atoms with Crippen LogP contribution in [0.15, 0.2) is 47.5 Å². The molecule has 0 fully saturated rings. The number of aryl methyl sites for hydroxylation is 2. The summed E-state index contributed by atoms with van der Waals surface area (Å²) in [7, 11) is 0. The Bertz CT molecular complexity index is 538. The Labute approximate surface area is 101 Å². The molecule has 86 valence electrons. The molecule has 0 heterocycles. The van der Waals surface area contributed by atoms with Gasteiger partial charge in [0.15, 0.2) is 0 Å². The molecule has 0 spiro atoms. The van der Waals surface area contributed by atoms with Crippen molar-refractivity contribution in [3.05, 3.63) is 59.2 Å². The van der Waals surface area contributed by atoms with E-state index >= 15 is 0 Å². The van der Waals surface area contributed by atoms with Crippen LogP contribution >= 0.6 is 0 Å². The highest BCUT2D eigenvalue weighted by Crippen LogP contribution is 2.18. The monoisotopic (exact) mass is 225 g/mol. The van der Waals surface area contributed by atoms with E-state index in [1.807, 2.05) is 38.1 Å². The Morgan fingerprint density at radius 3 is 2.29 bits per heavy atom. The molecule has 0 unspecified atom stereocenters. The van der Waals surface area contributed by atoms with E-state index in [1.165, 1.54) is 11.1 Å². The maximum Gasteiger partial charge on any atom is 0.124 e. The molecule has 17 heavy (non-hydrogen) atoms. The third-order valence-corrected chi connectivity index (χ3v) is 2.50. The van der Waals surface area contributed by atoms with Crippen molar-refractivity contribution >= 4 is 11.9 Å². The largest absolute Gasteiger partial charge is 0.507 e. The maximum absolute atomic E-state index is 9.61. The fourth-order valence-corrected chi connectivity index (χ4v) is 1.77. The van der Waals surface area contributed by atoms with Crippen LogP contribution in [-0.4, -0.2) is 11.3 Å². The van der Waals surface area contributed by atoms with Crippen LogP contribution in [0.5, 0.6) is 5.75 Å². The number of hydrogen-bond acceptors (Lipinski definition) is 2. The van der Waals surface area contributed by atoms with Crippen molar-refractivity contribution in [2.75, 3.05) is 0 Å². The fourth-order valence-electron chi connectivity index (χ4n) is 1.77. The van der Waals surface area contributed by atoms with Crippen molar-refractivity contribution in [3.63, 3.8) is 0 Å². The first-order chi connectivity index (χ1) is 8.15. The number of phenols is 1. The molecule has 0 radical (unpaired) electrons. The van der Waals surface area contributed by atoms with Gasteiger partial charge < -0.3 is 5.11 Å². The summed E-state index contributed by atoms with van der Waals surface area (Å²) in [6.45, 7) is 4.10. The number of aliphatic imine (C=N–C) groups is 1. The smallest absolute Gasteiger partial charge is 0.124 e. The maximum atomic E-state index is 9.61. The van der Waals surface area contributed by atoms with Crippen LogP contribution in [0.2, 0.25) is 0 Å². The van der Waals surface area contributed by atoms with Crippen LogP contribution in [0, 0.1) is 13.8 Å². The van der Waals surface area contributed by atoms with E-state index in [1.54, 1.807) is 18.3 Å². The second-order valence-corrected chi connectivity index (χ2v) is 4.16. The number of nitrogens with zero attached hydrogens (tertiary/aromatic N) is 1. The van der Waals surface area contributed by atoms with Crippen LogP contribution in [0.3, 0.4) is 0 Å². The Morgan fingerprint density at radius 1 is 1.00 bits per heavy atom. The zero-order chi connectivity index (χ0) is 12.3. The first kappa shape index (κ1) is 11.4. The quantitative estimate of drug-likeness (QED) is 0.775. The summed E-state index contributed by atoms with van der Waals surface area (Å²) in [5, 5.41) is 9.61.